The molecule has 1 aliphatic rings. The van der Waals surface area contributed by atoms with Gasteiger partial charge in [-0.25, -0.2) is 0 Å². The van der Waals surface area contributed by atoms with Crippen LogP contribution in [0.5, 0.6) is 5.75 Å². The van der Waals surface area contributed by atoms with Crippen molar-refractivity contribution in [3.05, 3.63) is 30.3 Å². The quantitative estimate of drug-likeness (QED) is 0.654. The van der Waals surface area contributed by atoms with E-state index in [4.69, 9.17) is 0 Å². The molecular weight excluding hydrogens is 212 g/mol. The molecule has 0 amide bonds. The molecule has 1 atom stereocenters. The van der Waals surface area contributed by atoms with Gasteiger partial charge in [0, 0.05) is 11.1 Å². The molecule has 3 nitrogen and oxygen atoms in total. The number of phenolic OH excluding ortho intramolecular Hbond substituents is 1. The first-order valence-electron chi connectivity index (χ1n) is 5.94. The number of anilines is 2. The van der Waals surface area contributed by atoms with Gasteiger partial charge >= 0.3 is 0 Å². The smallest absolute Gasteiger partial charge is 0.139 e. The lowest BCUT2D eigenvalue weighted by molar-refractivity contribution is 0.472. The molecule has 0 aromatic heterocycles. The first-order chi connectivity index (χ1) is 8.13. The van der Waals surface area contributed by atoms with E-state index in [2.05, 4.69) is 36.6 Å². The summed E-state index contributed by atoms with van der Waals surface area (Å²) in [4.78, 5) is 0. The zero-order valence-electron chi connectivity index (χ0n) is 10.0. The molecule has 0 aliphatic carbocycles. The second kappa shape index (κ2) is 3.29. The first kappa shape index (κ1) is 10.3. The minimum absolute atomic E-state index is 0.208. The summed E-state index contributed by atoms with van der Waals surface area (Å²) in [5.74, 6) is 0.311. The summed E-state index contributed by atoms with van der Waals surface area (Å²) in [7, 11) is 0. The number of benzene rings is 2. The van der Waals surface area contributed by atoms with Crippen LogP contribution in [0, 0.1) is 0 Å². The first-order valence-corrected chi connectivity index (χ1v) is 5.94. The Labute approximate surface area is 100 Å². The number of nitrogens with one attached hydrogen (secondary N) is 2. The minimum atomic E-state index is -0.208. The van der Waals surface area contributed by atoms with Crippen LogP contribution < -0.4 is 10.6 Å². The van der Waals surface area contributed by atoms with Gasteiger partial charge in [-0.1, -0.05) is 25.1 Å². The lowest BCUT2D eigenvalue weighted by atomic mass is 9.98. The van der Waals surface area contributed by atoms with Gasteiger partial charge in [-0.2, -0.15) is 0 Å². The molecule has 0 bridgehead atoms. The number of phenols is 1. The highest BCUT2D eigenvalue weighted by Gasteiger charge is 2.29. The normalized spacial score (nSPS) is 22.0. The SMILES string of the molecule is CCC1(C)Nc2cccc3ccc(O)c(c23)N1. The van der Waals surface area contributed by atoms with Crippen LogP contribution in [0.25, 0.3) is 10.8 Å². The monoisotopic (exact) mass is 228 g/mol. The van der Waals surface area contributed by atoms with Crippen LogP contribution in [-0.4, -0.2) is 10.8 Å². The molecule has 0 saturated carbocycles. The maximum absolute atomic E-state index is 10.0. The lowest BCUT2D eigenvalue weighted by Gasteiger charge is -2.38. The van der Waals surface area contributed by atoms with Gasteiger partial charge in [0.05, 0.1) is 5.69 Å². The van der Waals surface area contributed by atoms with Crippen molar-refractivity contribution < 1.29 is 5.11 Å². The van der Waals surface area contributed by atoms with E-state index in [9.17, 15) is 5.11 Å². The summed E-state index contributed by atoms with van der Waals surface area (Å²) in [5, 5.41) is 19.1. The molecule has 0 saturated heterocycles. The minimum Gasteiger partial charge on any atom is -0.506 e. The third-order valence-electron chi connectivity index (χ3n) is 3.54. The highest BCUT2D eigenvalue weighted by Crippen LogP contribution is 2.43. The summed E-state index contributed by atoms with van der Waals surface area (Å²) in [6, 6.07) is 9.83. The fourth-order valence-corrected chi connectivity index (χ4v) is 2.38. The molecule has 0 radical (unpaired) electrons. The van der Waals surface area contributed by atoms with Gasteiger partial charge in [0.25, 0.3) is 0 Å². The topological polar surface area (TPSA) is 44.3 Å². The third kappa shape index (κ3) is 1.42. The van der Waals surface area contributed by atoms with E-state index in [1.54, 1.807) is 6.07 Å². The van der Waals surface area contributed by atoms with Crippen molar-refractivity contribution in [2.45, 2.75) is 25.9 Å². The highest BCUT2D eigenvalue weighted by atomic mass is 16.3. The average molecular weight is 228 g/mol. The van der Waals surface area contributed by atoms with Crippen LogP contribution in [0.4, 0.5) is 11.4 Å². The van der Waals surface area contributed by atoms with Crippen LogP contribution >= 0.6 is 0 Å². The Morgan fingerprint density at radius 3 is 2.76 bits per heavy atom. The van der Waals surface area contributed by atoms with E-state index in [0.29, 0.717) is 5.75 Å². The molecule has 17 heavy (non-hydrogen) atoms. The number of aromatic hydroxyl groups is 1. The maximum Gasteiger partial charge on any atom is 0.139 e. The summed E-state index contributed by atoms with van der Waals surface area (Å²) in [6.07, 6.45) is 0.928. The van der Waals surface area contributed by atoms with Gasteiger partial charge in [0.2, 0.25) is 0 Å². The molecule has 3 heteroatoms. The Morgan fingerprint density at radius 1 is 1.18 bits per heavy atom. The van der Waals surface area contributed by atoms with Crippen molar-refractivity contribution >= 4 is 22.1 Å². The zero-order chi connectivity index (χ0) is 12.0. The van der Waals surface area contributed by atoms with Crippen molar-refractivity contribution in [2.75, 3.05) is 10.6 Å². The Kier molecular flexibility index (Phi) is 1.99. The Hall–Kier alpha value is -1.90. The molecule has 2 aromatic rings. The predicted molar refractivity (Wildman–Crippen MR) is 71.6 cm³/mol. The van der Waals surface area contributed by atoms with E-state index >= 15 is 0 Å². The highest BCUT2D eigenvalue weighted by molar-refractivity contribution is 6.07. The summed E-state index contributed by atoms with van der Waals surface area (Å²) in [5.41, 5.74) is 1.71. The van der Waals surface area contributed by atoms with Crippen LogP contribution in [0.1, 0.15) is 20.3 Å². The summed E-state index contributed by atoms with van der Waals surface area (Å²) < 4.78 is 0. The molecule has 3 rings (SSSR count). The van der Waals surface area contributed by atoms with Gasteiger partial charge in [0.15, 0.2) is 0 Å². The molecule has 0 spiro atoms. The predicted octanol–water partition coefficient (Wildman–Crippen LogP) is 3.51. The lowest BCUT2D eigenvalue weighted by Crippen LogP contribution is -2.44. The standard InChI is InChI=1S/C14H16N2O/c1-3-14(2)15-10-6-4-5-9-7-8-11(17)13(16-14)12(9)10/h4-8,15-17H,3H2,1-2H3. The Balaban J connectivity index is 2.33. The van der Waals surface area contributed by atoms with Crippen molar-refractivity contribution in [1.82, 2.24) is 0 Å². The fraction of sp³-hybridized carbons (Fsp3) is 0.286. The number of hydrogen-bond donors (Lipinski definition) is 3. The van der Waals surface area contributed by atoms with Gasteiger partial charge in [-0.15, -0.1) is 0 Å². The molecule has 1 unspecified atom stereocenters. The zero-order valence-corrected chi connectivity index (χ0v) is 10.0. The average Bonchev–Trinajstić information content (AvgIpc) is 2.33. The van der Waals surface area contributed by atoms with Crippen molar-refractivity contribution in [1.29, 1.82) is 0 Å². The van der Waals surface area contributed by atoms with Crippen LogP contribution in [0.2, 0.25) is 0 Å². The van der Waals surface area contributed by atoms with Crippen molar-refractivity contribution in [3.63, 3.8) is 0 Å². The van der Waals surface area contributed by atoms with Gasteiger partial charge in [-0.05, 0) is 30.9 Å². The van der Waals surface area contributed by atoms with Gasteiger partial charge in [0.1, 0.15) is 11.4 Å². The van der Waals surface area contributed by atoms with Crippen LogP contribution in [-0.2, 0) is 0 Å². The number of hydrogen-bond acceptors (Lipinski definition) is 3. The third-order valence-corrected chi connectivity index (χ3v) is 3.54. The van der Waals surface area contributed by atoms with E-state index in [-0.39, 0.29) is 5.66 Å². The molecule has 0 fully saturated rings. The van der Waals surface area contributed by atoms with E-state index in [1.807, 2.05) is 12.1 Å². The summed E-state index contributed by atoms with van der Waals surface area (Å²) in [6.45, 7) is 4.21. The second-order valence-corrected chi connectivity index (χ2v) is 4.80. The van der Waals surface area contributed by atoms with Crippen LogP contribution in [0.3, 0.4) is 0 Å². The molecule has 88 valence electrons. The second-order valence-electron chi connectivity index (χ2n) is 4.80. The molecule has 2 aromatic carbocycles. The number of rotatable bonds is 1. The Morgan fingerprint density at radius 2 is 2.00 bits per heavy atom. The van der Waals surface area contributed by atoms with Gasteiger partial charge < -0.3 is 15.7 Å². The van der Waals surface area contributed by atoms with Crippen molar-refractivity contribution in [3.8, 4) is 5.75 Å². The fourth-order valence-electron chi connectivity index (χ4n) is 2.38. The van der Waals surface area contributed by atoms with E-state index in [0.717, 1.165) is 28.6 Å². The largest absolute Gasteiger partial charge is 0.506 e. The molecule has 3 N–H and O–H groups in total. The molecule has 1 heterocycles. The maximum atomic E-state index is 10.0. The van der Waals surface area contributed by atoms with Gasteiger partial charge in [-0.3, -0.25) is 0 Å². The van der Waals surface area contributed by atoms with Crippen molar-refractivity contribution in [2.24, 2.45) is 0 Å². The molecular formula is C14H16N2O. The van der Waals surface area contributed by atoms with E-state index < -0.39 is 0 Å². The summed E-state index contributed by atoms with van der Waals surface area (Å²) >= 11 is 0. The van der Waals surface area contributed by atoms with Crippen LogP contribution in [0.15, 0.2) is 30.3 Å². The molecule has 1 aliphatic heterocycles. The van der Waals surface area contributed by atoms with E-state index in [1.165, 1.54) is 0 Å². The Bertz CT molecular complexity index is 594.